The molecule has 0 bridgehead atoms. The zero-order valence-corrected chi connectivity index (χ0v) is 10.7. The van der Waals surface area contributed by atoms with Crippen molar-refractivity contribution in [2.45, 2.75) is 13.8 Å². The molecule has 0 atom stereocenters. The van der Waals surface area contributed by atoms with Crippen LogP contribution in [0.1, 0.15) is 19.4 Å². The van der Waals surface area contributed by atoms with E-state index in [1.165, 1.54) is 0 Å². The van der Waals surface area contributed by atoms with Gasteiger partial charge in [-0.25, -0.2) is 9.83 Å². The number of aromatic amines is 1. The SMILES string of the molecule is [C-]#[N+]/C(C(=O)OCC)=C(/C)c1c[nH]c2ncccc12. The lowest BCUT2D eigenvalue weighted by Gasteiger charge is -2.04. The summed E-state index contributed by atoms with van der Waals surface area (Å²) >= 11 is 0. The predicted molar refractivity (Wildman–Crippen MR) is 71.9 cm³/mol. The van der Waals surface area contributed by atoms with Crippen molar-refractivity contribution in [2.75, 3.05) is 6.61 Å². The second-order valence-corrected chi connectivity index (χ2v) is 3.91. The molecular formula is C14H13N3O2. The van der Waals surface area contributed by atoms with Crippen LogP contribution < -0.4 is 0 Å². The molecule has 2 rings (SSSR count). The Labute approximate surface area is 110 Å². The molecule has 0 saturated heterocycles. The summed E-state index contributed by atoms with van der Waals surface area (Å²) in [6, 6.07) is 3.71. The van der Waals surface area contributed by atoms with Gasteiger partial charge in [-0.2, -0.15) is 0 Å². The summed E-state index contributed by atoms with van der Waals surface area (Å²) in [7, 11) is 0. The normalized spacial score (nSPS) is 11.8. The maximum atomic E-state index is 11.7. The summed E-state index contributed by atoms with van der Waals surface area (Å²) < 4.78 is 4.89. The van der Waals surface area contributed by atoms with Crippen molar-refractivity contribution in [3.63, 3.8) is 0 Å². The van der Waals surface area contributed by atoms with Gasteiger partial charge in [-0.3, -0.25) is 4.79 Å². The number of nitrogens with one attached hydrogen (secondary N) is 1. The number of hydrogen-bond acceptors (Lipinski definition) is 3. The smallest absolute Gasteiger partial charge is 0.336 e. The van der Waals surface area contributed by atoms with Crippen molar-refractivity contribution < 1.29 is 9.53 Å². The van der Waals surface area contributed by atoms with E-state index in [9.17, 15) is 4.79 Å². The van der Waals surface area contributed by atoms with E-state index in [-0.39, 0.29) is 12.3 Å². The molecular weight excluding hydrogens is 242 g/mol. The van der Waals surface area contributed by atoms with Gasteiger partial charge in [-0.15, -0.1) is 0 Å². The van der Waals surface area contributed by atoms with Crippen molar-refractivity contribution in [3.05, 3.63) is 47.2 Å². The summed E-state index contributed by atoms with van der Waals surface area (Å²) in [6.07, 6.45) is 3.43. The third kappa shape index (κ3) is 2.33. The van der Waals surface area contributed by atoms with Crippen molar-refractivity contribution in [2.24, 2.45) is 0 Å². The molecule has 5 heteroatoms. The third-order valence-electron chi connectivity index (χ3n) is 2.79. The summed E-state index contributed by atoms with van der Waals surface area (Å²) in [4.78, 5) is 22.2. The Kier molecular flexibility index (Phi) is 3.62. The van der Waals surface area contributed by atoms with Gasteiger partial charge in [0.2, 0.25) is 0 Å². The van der Waals surface area contributed by atoms with Crippen LogP contribution in [0.5, 0.6) is 0 Å². The zero-order valence-electron chi connectivity index (χ0n) is 10.7. The highest BCUT2D eigenvalue weighted by Gasteiger charge is 2.17. The van der Waals surface area contributed by atoms with Crippen LogP contribution in [-0.2, 0) is 9.53 Å². The Morgan fingerprint density at radius 1 is 1.58 bits per heavy atom. The summed E-state index contributed by atoms with van der Waals surface area (Å²) in [6.45, 7) is 10.8. The van der Waals surface area contributed by atoms with Gasteiger partial charge in [0.05, 0.1) is 13.2 Å². The van der Waals surface area contributed by atoms with Crippen LogP contribution in [0, 0.1) is 6.57 Å². The highest BCUT2D eigenvalue weighted by atomic mass is 16.5. The van der Waals surface area contributed by atoms with Crippen LogP contribution >= 0.6 is 0 Å². The highest BCUT2D eigenvalue weighted by Crippen LogP contribution is 2.26. The van der Waals surface area contributed by atoms with E-state index < -0.39 is 5.97 Å². The van der Waals surface area contributed by atoms with Gasteiger partial charge < -0.3 is 9.72 Å². The predicted octanol–water partition coefficient (Wildman–Crippen LogP) is 2.78. The number of rotatable bonds is 3. The minimum atomic E-state index is -0.590. The first-order chi connectivity index (χ1) is 9.19. The number of allylic oxidation sites excluding steroid dienone is 1. The Morgan fingerprint density at radius 2 is 2.37 bits per heavy atom. The van der Waals surface area contributed by atoms with Crippen molar-refractivity contribution in [3.8, 4) is 0 Å². The van der Waals surface area contributed by atoms with Crippen molar-refractivity contribution in [1.82, 2.24) is 9.97 Å². The van der Waals surface area contributed by atoms with Crippen LogP contribution in [0.2, 0.25) is 0 Å². The summed E-state index contributed by atoms with van der Waals surface area (Å²) in [5, 5.41) is 0.880. The number of H-pyrrole nitrogens is 1. The molecule has 96 valence electrons. The molecule has 2 heterocycles. The van der Waals surface area contributed by atoms with E-state index in [0.29, 0.717) is 5.57 Å². The maximum absolute atomic E-state index is 11.7. The topological polar surface area (TPSA) is 59.3 Å². The molecule has 2 aromatic rings. The van der Waals surface area contributed by atoms with Crippen LogP contribution in [0.3, 0.4) is 0 Å². The van der Waals surface area contributed by atoms with E-state index in [2.05, 4.69) is 14.8 Å². The molecule has 1 N–H and O–H groups in total. The van der Waals surface area contributed by atoms with E-state index in [0.717, 1.165) is 16.6 Å². The van der Waals surface area contributed by atoms with Gasteiger partial charge in [0.1, 0.15) is 5.65 Å². The first-order valence-corrected chi connectivity index (χ1v) is 5.87. The third-order valence-corrected chi connectivity index (χ3v) is 2.79. The summed E-state index contributed by atoms with van der Waals surface area (Å²) in [5.74, 6) is -0.590. The van der Waals surface area contributed by atoms with Crippen molar-refractivity contribution >= 4 is 22.6 Å². The molecule has 0 saturated carbocycles. The van der Waals surface area contributed by atoms with Crippen LogP contribution in [0.25, 0.3) is 21.5 Å². The Morgan fingerprint density at radius 3 is 3.05 bits per heavy atom. The molecule has 0 aliphatic rings. The summed E-state index contributed by atoms with van der Waals surface area (Å²) in [5.41, 5.74) is 2.12. The number of hydrogen-bond donors (Lipinski definition) is 1. The van der Waals surface area contributed by atoms with E-state index >= 15 is 0 Å². The number of fused-ring (bicyclic) bond motifs is 1. The fraction of sp³-hybridized carbons (Fsp3) is 0.214. The molecule has 0 unspecified atom stereocenters. The molecule has 19 heavy (non-hydrogen) atoms. The zero-order chi connectivity index (χ0) is 13.8. The maximum Gasteiger partial charge on any atom is 0.336 e. The lowest BCUT2D eigenvalue weighted by molar-refractivity contribution is -0.138. The molecule has 0 spiro atoms. The average Bonchev–Trinajstić information content (AvgIpc) is 2.83. The Hall–Kier alpha value is -2.61. The minimum absolute atomic E-state index is 0.00611. The van der Waals surface area contributed by atoms with Crippen LogP contribution in [0.15, 0.2) is 30.2 Å². The highest BCUT2D eigenvalue weighted by molar-refractivity contribution is 6.02. The molecule has 0 aromatic carbocycles. The molecule has 2 aromatic heterocycles. The van der Waals surface area contributed by atoms with Gasteiger partial charge in [0.25, 0.3) is 5.70 Å². The largest absolute Gasteiger partial charge is 0.471 e. The Bertz CT molecular complexity index is 692. The van der Waals surface area contributed by atoms with Gasteiger partial charge >= 0.3 is 5.97 Å². The van der Waals surface area contributed by atoms with Crippen molar-refractivity contribution in [1.29, 1.82) is 0 Å². The molecule has 0 radical (unpaired) electrons. The first kappa shape index (κ1) is 12.8. The standard InChI is InChI=1S/C14H13N3O2/c1-4-19-14(18)12(15-3)9(2)11-8-17-13-10(11)6-5-7-16-13/h5-8H,4H2,1-2H3,(H,16,17)/b12-9-. The van der Waals surface area contributed by atoms with Gasteiger partial charge in [0.15, 0.2) is 0 Å². The number of esters is 1. The van der Waals surface area contributed by atoms with E-state index in [4.69, 9.17) is 11.3 Å². The molecule has 0 aliphatic heterocycles. The minimum Gasteiger partial charge on any atom is -0.471 e. The second-order valence-electron chi connectivity index (χ2n) is 3.91. The fourth-order valence-corrected chi connectivity index (χ4v) is 1.88. The first-order valence-electron chi connectivity index (χ1n) is 5.87. The quantitative estimate of drug-likeness (QED) is 0.521. The lowest BCUT2D eigenvalue weighted by Crippen LogP contribution is -2.06. The molecule has 0 fully saturated rings. The lowest BCUT2D eigenvalue weighted by atomic mass is 10.1. The van der Waals surface area contributed by atoms with E-state index in [1.807, 2.05) is 12.1 Å². The number of carbonyl (C=O) groups excluding carboxylic acids is 1. The van der Waals surface area contributed by atoms with Gasteiger partial charge in [0, 0.05) is 17.8 Å². The van der Waals surface area contributed by atoms with E-state index in [1.54, 1.807) is 26.2 Å². The number of nitrogens with zero attached hydrogens (tertiary/aromatic N) is 2. The molecule has 0 aliphatic carbocycles. The fourth-order valence-electron chi connectivity index (χ4n) is 1.88. The van der Waals surface area contributed by atoms with Gasteiger partial charge in [-0.1, -0.05) is 0 Å². The second kappa shape index (κ2) is 5.36. The van der Waals surface area contributed by atoms with Crippen LogP contribution in [0.4, 0.5) is 0 Å². The number of pyridine rings is 1. The number of aromatic nitrogens is 2. The van der Waals surface area contributed by atoms with Crippen LogP contribution in [-0.4, -0.2) is 22.5 Å². The number of carbonyl (C=O) groups is 1. The average molecular weight is 255 g/mol. The molecule has 0 amide bonds. The number of ether oxygens (including phenoxy) is 1. The van der Waals surface area contributed by atoms with Gasteiger partial charge in [-0.05, 0) is 37.1 Å². The monoisotopic (exact) mass is 255 g/mol. The Balaban J connectivity index is 2.56. The molecule has 5 nitrogen and oxygen atoms in total.